The van der Waals surface area contributed by atoms with Crippen molar-refractivity contribution in [1.29, 1.82) is 0 Å². The van der Waals surface area contributed by atoms with Gasteiger partial charge in [-0.05, 0) is 43.0 Å². The van der Waals surface area contributed by atoms with Crippen molar-refractivity contribution in [3.8, 4) is 0 Å². The van der Waals surface area contributed by atoms with Gasteiger partial charge in [-0.3, -0.25) is 9.59 Å². The van der Waals surface area contributed by atoms with E-state index in [-0.39, 0.29) is 0 Å². The number of carbonyl (C=O) groups is 3. The predicted octanol–water partition coefficient (Wildman–Crippen LogP) is 2.12. The van der Waals surface area contributed by atoms with Crippen LogP contribution in [-0.4, -0.2) is 24.4 Å². The van der Waals surface area contributed by atoms with Gasteiger partial charge in [-0.1, -0.05) is 0 Å². The molecule has 0 saturated heterocycles. The fourth-order valence-electron chi connectivity index (χ4n) is 2.64. The summed E-state index contributed by atoms with van der Waals surface area (Å²) in [6, 6.07) is 3.37. The number of carbonyl (C=O) groups excluding carboxylic acids is 3. The number of hydrogen-bond acceptors (Lipinski definition) is 6. The third-order valence-corrected chi connectivity index (χ3v) is 4.90. The highest BCUT2D eigenvalue weighted by molar-refractivity contribution is 7.17. The van der Waals surface area contributed by atoms with Gasteiger partial charge in [0.25, 0.3) is 11.8 Å². The maximum Gasteiger partial charge on any atom is 0.331 e. The number of nitrogens with two attached hydrogens (primary N) is 1. The molecular formula is C17H16N2O5S. The zero-order valence-electron chi connectivity index (χ0n) is 13.2. The molecule has 3 rings (SSSR count). The van der Waals surface area contributed by atoms with Crippen molar-refractivity contribution in [2.75, 3.05) is 11.9 Å². The summed E-state index contributed by atoms with van der Waals surface area (Å²) < 4.78 is 9.90. The first-order valence-corrected chi connectivity index (χ1v) is 8.49. The second-order valence-electron chi connectivity index (χ2n) is 5.43. The Morgan fingerprint density at radius 3 is 2.92 bits per heavy atom. The van der Waals surface area contributed by atoms with Crippen LogP contribution in [0.4, 0.5) is 5.00 Å². The Labute approximate surface area is 147 Å². The van der Waals surface area contributed by atoms with Crippen LogP contribution in [-0.2, 0) is 27.2 Å². The lowest BCUT2D eigenvalue weighted by atomic mass is 10.1. The van der Waals surface area contributed by atoms with E-state index in [1.165, 1.54) is 29.8 Å². The summed E-state index contributed by atoms with van der Waals surface area (Å²) in [5, 5.41) is 3.03. The Balaban J connectivity index is 1.56. The van der Waals surface area contributed by atoms with Crippen molar-refractivity contribution in [3.05, 3.63) is 46.2 Å². The van der Waals surface area contributed by atoms with E-state index >= 15 is 0 Å². The van der Waals surface area contributed by atoms with Crippen molar-refractivity contribution in [1.82, 2.24) is 0 Å². The maximum atomic E-state index is 12.0. The van der Waals surface area contributed by atoms with Crippen LogP contribution in [0.1, 0.15) is 33.0 Å². The molecule has 0 aromatic carbocycles. The van der Waals surface area contributed by atoms with Crippen molar-refractivity contribution in [3.63, 3.8) is 0 Å². The van der Waals surface area contributed by atoms with Crippen molar-refractivity contribution < 1.29 is 23.5 Å². The predicted molar refractivity (Wildman–Crippen MR) is 92.2 cm³/mol. The molecule has 0 unspecified atom stereocenters. The molecule has 2 heterocycles. The lowest BCUT2D eigenvalue weighted by Gasteiger charge is -2.06. The summed E-state index contributed by atoms with van der Waals surface area (Å²) >= 11 is 1.35. The molecule has 8 heteroatoms. The van der Waals surface area contributed by atoms with Crippen LogP contribution in [0, 0.1) is 0 Å². The number of rotatable bonds is 6. The summed E-state index contributed by atoms with van der Waals surface area (Å²) in [7, 11) is 0. The first-order valence-electron chi connectivity index (χ1n) is 7.67. The number of thiophene rings is 1. The molecule has 0 spiro atoms. The van der Waals surface area contributed by atoms with Crippen LogP contribution in [0.15, 0.2) is 28.9 Å². The van der Waals surface area contributed by atoms with Crippen molar-refractivity contribution in [2.24, 2.45) is 5.73 Å². The Morgan fingerprint density at radius 2 is 2.20 bits per heavy atom. The molecule has 7 nitrogen and oxygen atoms in total. The Morgan fingerprint density at radius 1 is 1.36 bits per heavy atom. The monoisotopic (exact) mass is 360 g/mol. The number of amides is 2. The minimum absolute atomic E-state index is 0.370. The topological polar surface area (TPSA) is 112 Å². The molecule has 1 aliphatic rings. The summed E-state index contributed by atoms with van der Waals surface area (Å²) in [5.74, 6) is -1.26. The van der Waals surface area contributed by atoms with E-state index in [2.05, 4.69) is 5.32 Å². The van der Waals surface area contributed by atoms with Crippen LogP contribution in [0.5, 0.6) is 0 Å². The summed E-state index contributed by atoms with van der Waals surface area (Å²) in [6.07, 6.45) is 6.73. The SMILES string of the molecule is NC(=O)c1c(NC(=O)COC(=O)/C=C/c2ccco2)sc2c1CCC2. The molecule has 3 N–H and O–H groups in total. The average Bonchev–Trinajstić information content (AvgIpc) is 3.27. The molecule has 0 fully saturated rings. The van der Waals surface area contributed by atoms with Gasteiger partial charge < -0.3 is 20.2 Å². The molecule has 0 aliphatic heterocycles. The number of esters is 1. The zero-order valence-corrected chi connectivity index (χ0v) is 14.1. The standard InChI is InChI=1S/C17H16N2O5S/c18-16(22)15-11-4-1-5-12(11)25-17(15)19-13(20)9-24-14(21)7-6-10-3-2-8-23-10/h2-3,6-8H,1,4-5,9H2,(H2,18,22)(H,19,20)/b7-6+. The van der Waals surface area contributed by atoms with Crippen LogP contribution < -0.4 is 11.1 Å². The minimum atomic E-state index is -0.671. The van der Waals surface area contributed by atoms with Gasteiger partial charge in [0.1, 0.15) is 10.8 Å². The second kappa shape index (κ2) is 7.35. The van der Waals surface area contributed by atoms with Gasteiger partial charge in [0, 0.05) is 11.0 Å². The van der Waals surface area contributed by atoms with E-state index in [0.29, 0.717) is 16.3 Å². The first kappa shape index (κ1) is 17.0. The number of anilines is 1. The van der Waals surface area contributed by atoms with Crippen molar-refractivity contribution in [2.45, 2.75) is 19.3 Å². The normalized spacial score (nSPS) is 13.0. The first-order chi connectivity index (χ1) is 12.0. The lowest BCUT2D eigenvalue weighted by molar-refractivity contribution is -0.142. The third-order valence-electron chi connectivity index (χ3n) is 3.69. The molecule has 130 valence electrons. The number of hydrogen-bond donors (Lipinski definition) is 2. The zero-order chi connectivity index (χ0) is 17.8. The number of nitrogens with one attached hydrogen (secondary N) is 1. The highest BCUT2D eigenvalue weighted by Gasteiger charge is 2.26. The van der Waals surface area contributed by atoms with Gasteiger partial charge in [0.05, 0.1) is 11.8 Å². The lowest BCUT2D eigenvalue weighted by Crippen LogP contribution is -2.22. The Hall–Kier alpha value is -2.87. The smallest absolute Gasteiger partial charge is 0.331 e. The average molecular weight is 360 g/mol. The summed E-state index contributed by atoms with van der Waals surface area (Å²) in [5.41, 5.74) is 6.72. The van der Waals surface area contributed by atoms with Crippen LogP contribution in [0.25, 0.3) is 6.08 Å². The van der Waals surface area contributed by atoms with Gasteiger partial charge in [-0.2, -0.15) is 0 Å². The summed E-state index contributed by atoms with van der Waals surface area (Å²) in [4.78, 5) is 36.3. The van der Waals surface area contributed by atoms with E-state index in [0.717, 1.165) is 29.7 Å². The molecular weight excluding hydrogens is 344 g/mol. The molecule has 0 saturated carbocycles. The molecule has 1 aliphatic carbocycles. The van der Waals surface area contributed by atoms with Crippen molar-refractivity contribution >= 4 is 40.2 Å². The van der Waals surface area contributed by atoms with Gasteiger partial charge in [-0.25, -0.2) is 4.79 Å². The Kier molecular flexibility index (Phi) is 4.99. The van der Waals surface area contributed by atoms with Gasteiger partial charge in [0.2, 0.25) is 0 Å². The van der Waals surface area contributed by atoms with Crippen LogP contribution in [0.2, 0.25) is 0 Å². The Bertz CT molecular complexity index is 836. The van der Waals surface area contributed by atoms with E-state index < -0.39 is 24.4 Å². The number of primary amides is 1. The molecule has 25 heavy (non-hydrogen) atoms. The number of ether oxygens (including phenoxy) is 1. The second-order valence-corrected chi connectivity index (χ2v) is 6.54. The van der Waals surface area contributed by atoms with E-state index in [1.807, 2.05) is 0 Å². The highest BCUT2D eigenvalue weighted by atomic mass is 32.1. The number of fused-ring (bicyclic) bond motifs is 1. The van der Waals surface area contributed by atoms with Gasteiger partial charge in [0.15, 0.2) is 6.61 Å². The fourth-order valence-corrected chi connectivity index (χ4v) is 3.95. The molecule has 2 aromatic heterocycles. The van der Waals surface area contributed by atoms with Gasteiger partial charge >= 0.3 is 5.97 Å². The van der Waals surface area contributed by atoms with Crippen LogP contribution in [0.3, 0.4) is 0 Å². The van der Waals surface area contributed by atoms with E-state index in [4.69, 9.17) is 14.9 Å². The molecule has 0 radical (unpaired) electrons. The third kappa shape index (κ3) is 3.97. The largest absolute Gasteiger partial charge is 0.465 e. The molecule has 2 amide bonds. The molecule has 0 atom stereocenters. The van der Waals surface area contributed by atoms with Gasteiger partial charge in [-0.15, -0.1) is 11.3 Å². The number of furan rings is 1. The molecule has 0 bridgehead atoms. The maximum absolute atomic E-state index is 12.0. The minimum Gasteiger partial charge on any atom is -0.465 e. The number of aryl methyl sites for hydroxylation is 1. The quantitative estimate of drug-likeness (QED) is 0.605. The van der Waals surface area contributed by atoms with Crippen LogP contribution >= 0.6 is 11.3 Å². The summed E-state index contributed by atoms with van der Waals surface area (Å²) in [6.45, 7) is -0.456. The molecule has 2 aromatic rings. The van der Waals surface area contributed by atoms with E-state index in [1.54, 1.807) is 12.1 Å². The van der Waals surface area contributed by atoms with E-state index in [9.17, 15) is 14.4 Å². The fraction of sp³-hybridized carbons (Fsp3) is 0.235. The highest BCUT2D eigenvalue weighted by Crippen LogP contribution is 2.38.